The summed E-state index contributed by atoms with van der Waals surface area (Å²) >= 11 is 1.63. The quantitative estimate of drug-likeness (QED) is 0.863. The number of fused-ring (bicyclic) bond motifs is 1. The highest BCUT2D eigenvalue weighted by atomic mass is 32.2. The van der Waals surface area contributed by atoms with E-state index >= 15 is 0 Å². The summed E-state index contributed by atoms with van der Waals surface area (Å²) < 4.78 is 40.9. The minimum atomic E-state index is -3.88. The van der Waals surface area contributed by atoms with E-state index in [-0.39, 0.29) is 22.7 Å². The molecule has 0 unspecified atom stereocenters. The fourth-order valence-corrected chi connectivity index (χ4v) is 5.00. The first-order valence-electron chi connectivity index (χ1n) is 6.50. The number of rotatable bonds is 2. The Bertz CT molecular complexity index is 799. The second-order valence-electron chi connectivity index (χ2n) is 5.11. The van der Waals surface area contributed by atoms with Crippen molar-refractivity contribution < 1.29 is 12.8 Å². The molecule has 112 valence electrons. The van der Waals surface area contributed by atoms with Crippen LogP contribution in [0.3, 0.4) is 0 Å². The van der Waals surface area contributed by atoms with Gasteiger partial charge in [0.25, 0.3) is 0 Å². The van der Waals surface area contributed by atoms with Gasteiger partial charge < -0.3 is 5.73 Å². The van der Waals surface area contributed by atoms with Crippen LogP contribution in [-0.4, -0.2) is 19.3 Å². The maximum atomic E-state index is 14.2. The molecule has 7 heteroatoms. The Labute approximate surface area is 127 Å². The highest BCUT2D eigenvalue weighted by molar-refractivity contribution is 7.89. The molecule has 0 aliphatic carbocycles. The molecular formula is C14H15FN2O2S2. The second-order valence-corrected chi connectivity index (χ2v) is 8.01. The molecule has 0 saturated heterocycles. The number of anilines is 1. The van der Waals surface area contributed by atoms with E-state index in [9.17, 15) is 12.8 Å². The molecule has 0 radical (unpaired) electrons. The van der Waals surface area contributed by atoms with Crippen molar-refractivity contribution in [1.29, 1.82) is 0 Å². The number of nitrogen functional groups attached to an aromatic ring is 1. The normalized spacial score (nSPS) is 15.9. The molecule has 2 N–H and O–H groups in total. The number of halogens is 1. The van der Waals surface area contributed by atoms with E-state index in [4.69, 9.17) is 5.73 Å². The third-order valence-corrected chi connectivity index (χ3v) is 6.50. The first-order valence-corrected chi connectivity index (χ1v) is 8.82. The van der Waals surface area contributed by atoms with Crippen molar-refractivity contribution >= 4 is 27.0 Å². The van der Waals surface area contributed by atoms with Crippen LogP contribution in [0.4, 0.5) is 10.1 Å². The van der Waals surface area contributed by atoms with Gasteiger partial charge in [0, 0.05) is 23.7 Å². The van der Waals surface area contributed by atoms with Gasteiger partial charge in [0.1, 0.15) is 10.7 Å². The van der Waals surface area contributed by atoms with Crippen molar-refractivity contribution in [2.24, 2.45) is 0 Å². The molecule has 0 saturated carbocycles. The SMILES string of the molecule is Cc1cc(N)cc(S(=O)(=O)N2CCc3sccc3C2)c1F. The van der Waals surface area contributed by atoms with Gasteiger partial charge in [-0.3, -0.25) is 0 Å². The largest absolute Gasteiger partial charge is 0.399 e. The van der Waals surface area contributed by atoms with E-state index in [1.807, 2.05) is 11.4 Å². The van der Waals surface area contributed by atoms with Crippen molar-refractivity contribution in [3.05, 3.63) is 45.4 Å². The summed E-state index contributed by atoms with van der Waals surface area (Å²) in [7, 11) is -3.88. The number of nitrogens with two attached hydrogens (primary N) is 1. The average molecular weight is 326 g/mol. The fraction of sp³-hybridized carbons (Fsp3) is 0.286. The maximum absolute atomic E-state index is 14.2. The lowest BCUT2D eigenvalue weighted by Gasteiger charge is -2.26. The van der Waals surface area contributed by atoms with Crippen molar-refractivity contribution in [3.8, 4) is 0 Å². The second kappa shape index (κ2) is 5.08. The predicted molar refractivity (Wildman–Crippen MR) is 81.2 cm³/mol. The van der Waals surface area contributed by atoms with Gasteiger partial charge in [0.15, 0.2) is 0 Å². The number of aryl methyl sites for hydroxylation is 1. The lowest BCUT2D eigenvalue weighted by atomic mass is 10.1. The summed E-state index contributed by atoms with van der Waals surface area (Å²) in [5, 5.41) is 1.95. The zero-order chi connectivity index (χ0) is 15.2. The summed E-state index contributed by atoms with van der Waals surface area (Å²) in [5.41, 5.74) is 7.15. The number of benzene rings is 1. The number of hydrogen-bond acceptors (Lipinski definition) is 4. The maximum Gasteiger partial charge on any atom is 0.246 e. The molecule has 2 aromatic rings. The minimum absolute atomic E-state index is 0.238. The monoisotopic (exact) mass is 326 g/mol. The fourth-order valence-electron chi connectivity index (χ4n) is 2.52. The molecule has 0 amide bonds. The number of hydrogen-bond donors (Lipinski definition) is 1. The summed E-state index contributed by atoms with van der Waals surface area (Å²) in [5.74, 6) is -0.722. The van der Waals surface area contributed by atoms with E-state index in [0.29, 0.717) is 13.0 Å². The van der Waals surface area contributed by atoms with Gasteiger partial charge >= 0.3 is 0 Å². The molecule has 4 nitrogen and oxygen atoms in total. The molecule has 3 rings (SSSR count). The lowest BCUT2D eigenvalue weighted by Crippen LogP contribution is -2.35. The molecule has 0 bridgehead atoms. The number of sulfonamides is 1. The van der Waals surface area contributed by atoms with E-state index in [1.54, 1.807) is 11.3 Å². The minimum Gasteiger partial charge on any atom is -0.399 e. The van der Waals surface area contributed by atoms with Crippen LogP contribution < -0.4 is 5.73 Å². The molecule has 21 heavy (non-hydrogen) atoms. The predicted octanol–water partition coefficient (Wildman–Crippen LogP) is 2.52. The molecule has 1 aliphatic heterocycles. The van der Waals surface area contributed by atoms with Gasteiger partial charge in [-0.1, -0.05) is 0 Å². The summed E-state index contributed by atoms with van der Waals surface area (Å²) in [6.45, 7) is 2.16. The van der Waals surface area contributed by atoms with Gasteiger partial charge in [0.2, 0.25) is 10.0 Å². The van der Waals surface area contributed by atoms with Crippen LogP contribution in [0.5, 0.6) is 0 Å². The van der Waals surface area contributed by atoms with Crippen LogP contribution in [0, 0.1) is 12.7 Å². The van der Waals surface area contributed by atoms with Crippen LogP contribution in [0.2, 0.25) is 0 Å². The van der Waals surface area contributed by atoms with Crippen LogP contribution in [-0.2, 0) is 23.0 Å². The Hall–Kier alpha value is -1.44. The van der Waals surface area contributed by atoms with E-state index in [0.717, 1.165) is 5.56 Å². The highest BCUT2D eigenvalue weighted by Crippen LogP contribution is 2.30. The van der Waals surface area contributed by atoms with Crippen molar-refractivity contribution in [2.75, 3.05) is 12.3 Å². The lowest BCUT2D eigenvalue weighted by molar-refractivity contribution is 0.391. The first kappa shape index (κ1) is 14.5. The number of thiophene rings is 1. The smallest absolute Gasteiger partial charge is 0.246 e. The molecule has 0 spiro atoms. The summed E-state index contributed by atoms with van der Waals surface area (Å²) in [4.78, 5) is 0.865. The highest BCUT2D eigenvalue weighted by Gasteiger charge is 2.31. The van der Waals surface area contributed by atoms with Gasteiger partial charge in [-0.25, -0.2) is 12.8 Å². The third kappa shape index (κ3) is 2.45. The van der Waals surface area contributed by atoms with Crippen molar-refractivity contribution in [1.82, 2.24) is 4.31 Å². The zero-order valence-electron chi connectivity index (χ0n) is 11.5. The molecule has 0 fully saturated rings. The van der Waals surface area contributed by atoms with Crippen LogP contribution in [0.25, 0.3) is 0 Å². The van der Waals surface area contributed by atoms with Gasteiger partial charge in [-0.05, 0) is 48.1 Å². The molecule has 1 aromatic heterocycles. The van der Waals surface area contributed by atoms with Crippen LogP contribution >= 0.6 is 11.3 Å². The zero-order valence-corrected chi connectivity index (χ0v) is 13.1. The first-order chi connectivity index (χ1) is 9.89. The summed E-state index contributed by atoms with van der Waals surface area (Å²) in [6, 6.07) is 4.55. The molecular weight excluding hydrogens is 311 g/mol. The van der Waals surface area contributed by atoms with Gasteiger partial charge in [-0.15, -0.1) is 11.3 Å². The summed E-state index contributed by atoms with van der Waals surface area (Å²) in [6.07, 6.45) is 0.662. The Morgan fingerprint density at radius 1 is 1.38 bits per heavy atom. The molecule has 1 aliphatic rings. The van der Waals surface area contributed by atoms with Crippen LogP contribution in [0.1, 0.15) is 16.0 Å². The Kier molecular flexibility index (Phi) is 3.51. The van der Waals surface area contributed by atoms with Crippen molar-refractivity contribution in [3.63, 3.8) is 0 Å². The Morgan fingerprint density at radius 3 is 2.90 bits per heavy atom. The Morgan fingerprint density at radius 2 is 2.14 bits per heavy atom. The molecule has 1 aromatic carbocycles. The number of nitrogens with zero attached hydrogens (tertiary/aromatic N) is 1. The van der Waals surface area contributed by atoms with Crippen molar-refractivity contribution in [2.45, 2.75) is 24.8 Å². The van der Waals surface area contributed by atoms with Gasteiger partial charge in [0.05, 0.1) is 0 Å². The molecule has 0 atom stereocenters. The Balaban J connectivity index is 2.03. The average Bonchev–Trinajstić information content (AvgIpc) is 2.89. The topological polar surface area (TPSA) is 63.4 Å². The van der Waals surface area contributed by atoms with E-state index < -0.39 is 15.8 Å². The van der Waals surface area contributed by atoms with Gasteiger partial charge in [-0.2, -0.15) is 4.31 Å². The third-order valence-electron chi connectivity index (χ3n) is 3.63. The van der Waals surface area contributed by atoms with Crippen LogP contribution in [0.15, 0.2) is 28.5 Å². The standard InChI is InChI=1S/C14H15FN2O2S2/c1-9-6-11(16)7-13(14(9)15)21(18,19)17-4-2-12-10(8-17)3-5-20-12/h3,5-7H,2,4,8,16H2,1H3. The van der Waals surface area contributed by atoms with E-state index in [1.165, 1.54) is 28.2 Å². The van der Waals surface area contributed by atoms with E-state index in [2.05, 4.69) is 0 Å². The molecule has 2 heterocycles.